The number of carbonyl (C=O) groups is 1. The van der Waals surface area contributed by atoms with Crippen molar-refractivity contribution < 1.29 is 4.79 Å². The SMILES string of the molecule is CCN(CC)C(CNC(=O)C1CCCC(N)C1)c1ccccc1Cl. The van der Waals surface area contributed by atoms with Crippen LogP contribution in [0.4, 0.5) is 0 Å². The van der Waals surface area contributed by atoms with Crippen molar-refractivity contribution in [1.29, 1.82) is 0 Å². The average molecular weight is 352 g/mol. The van der Waals surface area contributed by atoms with Gasteiger partial charge in [-0.05, 0) is 44.0 Å². The van der Waals surface area contributed by atoms with Gasteiger partial charge in [-0.3, -0.25) is 9.69 Å². The van der Waals surface area contributed by atoms with Crippen LogP contribution < -0.4 is 11.1 Å². The Morgan fingerprint density at radius 3 is 2.67 bits per heavy atom. The molecule has 1 amide bonds. The molecule has 24 heavy (non-hydrogen) atoms. The van der Waals surface area contributed by atoms with Crippen LogP contribution >= 0.6 is 11.6 Å². The molecule has 5 heteroatoms. The summed E-state index contributed by atoms with van der Waals surface area (Å²) in [7, 11) is 0. The Morgan fingerprint density at radius 2 is 2.04 bits per heavy atom. The number of hydrogen-bond donors (Lipinski definition) is 2. The molecular formula is C19H30ClN3O. The van der Waals surface area contributed by atoms with Gasteiger partial charge in [0.1, 0.15) is 0 Å². The number of amides is 1. The predicted molar refractivity (Wildman–Crippen MR) is 100 cm³/mol. The van der Waals surface area contributed by atoms with Crippen molar-refractivity contribution in [3.63, 3.8) is 0 Å². The summed E-state index contributed by atoms with van der Waals surface area (Å²) in [6.07, 6.45) is 3.82. The first-order valence-electron chi connectivity index (χ1n) is 9.08. The van der Waals surface area contributed by atoms with E-state index >= 15 is 0 Å². The topological polar surface area (TPSA) is 58.4 Å². The lowest BCUT2D eigenvalue weighted by Gasteiger charge is -2.32. The highest BCUT2D eigenvalue weighted by molar-refractivity contribution is 6.31. The van der Waals surface area contributed by atoms with E-state index in [-0.39, 0.29) is 23.9 Å². The highest BCUT2D eigenvalue weighted by Crippen LogP contribution is 2.28. The van der Waals surface area contributed by atoms with Crippen LogP contribution in [0.2, 0.25) is 5.02 Å². The fourth-order valence-corrected chi connectivity index (χ4v) is 3.91. The lowest BCUT2D eigenvalue weighted by molar-refractivity contribution is -0.126. The van der Waals surface area contributed by atoms with E-state index < -0.39 is 0 Å². The van der Waals surface area contributed by atoms with Crippen LogP contribution in [0.15, 0.2) is 24.3 Å². The molecule has 0 aliphatic heterocycles. The normalized spacial score (nSPS) is 22.4. The van der Waals surface area contributed by atoms with Crippen molar-refractivity contribution in [3.8, 4) is 0 Å². The minimum Gasteiger partial charge on any atom is -0.354 e. The van der Waals surface area contributed by atoms with Gasteiger partial charge < -0.3 is 11.1 Å². The molecule has 0 bridgehead atoms. The monoisotopic (exact) mass is 351 g/mol. The first kappa shape index (κ1) is 19.2. The maximum Gasteiger partial charge on any atom is 0.223 e. The molecule has 1 aromatic rings. The minimum atomic E-state index is 0.0531. The molecule has 3 unspecified atom stereocenters. The third kappa shape index (κ3) is 4.95. The zero-order valence-electron chi connectivity index (χ0n) is 14.8. The van der Waals surface area contributed by atoms with Crippen molar-refractivity contribution in [3.05, 3.63) is 34.9 Å². The summed E-state index contributed by atoms with van der Waals surface area (Å²) in [5.74, 6) is 0.187. The molecule has 0 heterocycles. The summed E-state index contributed by atoms with van der Waals surface area (Å²) in [5.41, 5.74) is 7.09. The van der Waals surface area contributed by atoms with Crippen molar-refractivity contribution in [2.75, 3.05) is 19.6 Å². The summed E-state index contributed by atoms with van der Waals surface area (Å²) in [6, 6.07) is 8.16. The molecule has 2 rings (SSSR count). The molecule has 0 radical (unpaired) electrons. The van der Waals surface area contributed by atoms with Crippen molar-refractivity contribution in [2.24, 2.45) is 11.7 Å². The van der Waals surface area contributed by atoms with Gasteiger partial charge in [-0.25, -0.2) is 0 Å². The summed E-state index contributed by atoms with van der Waals surface area (Å²) in [6.45, 7) is 6.67. The van der Waals surface area contributed by atoms with Gasteiger partial charge in [-0.15, -0.1) is 0 Å². The van der Waals surface area contributed by atoms with Gasteiger partial charge >= 0.3 is 0 Å². The van der Waals surface area contributed by atoms with Gasteiger partial charge in [0.2, 0.25) is 5.91 Å². The largest absolute Gasteiger partial charge is 0.354 e. The zero-order valence-corrected chi connectivity index (χ0v) is 15.6. The Labute approximate surface area is 150 Å². The number of hydrogen-bond acceptors (Lipinski definition) is 3. The van der Waals surface area contributed by atoms with Crippen LogP contribution in [0.5, 0.6) is 0 Å². The number of carbonyl (C=O) groups excluding carboxylic acids is 1. The Balaban J connectivity index is 2.05. The molecular weight excluding hydrogens is 322 g/mol. The van der Waals surface area contributed by atoms with E-state index in [2.05, 4.69) is 24.1 Å². The molecule has 1 aromatic carbocycles. The second-order valence-electron chi connectivity index (χ2n) is 6.63. The number of likely N-dealkylation sites (N-methyl/N-ethyl adjacent to an activating group) is 1. The minimum absolute atomic E-state index is 0.0531. The summed E-state index contributed by atoms with van der Waals surface area (Å²) in [5, 5.41) is 3.91. The average Bonchev–Trinajstić information content (AvgIpc) is 2.59. The van der Waals surface area contributed by atoms with Crippen molar-refractivity contribution >= 4 is 17.5 Å². The lowest BCUT2D eigenvalue weighted by Crippen LogP contribution is -2.42. The van der Waals surface area contributed by atoms with E-state index in [4.69, 9.17) is 17.3 Å². The molecule has 0 aromatic heterocycles. The number of nitrogens with zero attached hydrogens (tertiary/aromatic N) is 1. The maximum atomic E-state index is 12.5. The quantitative estimate of drug-likeness (QED) is 0.792. The highest BCUT2D eigenvalue weighted by Gasteiger charge is 2.27. The van der Waals surface area contributed by atoms with E-state index in [0.29, 0.717) is 6.54 Å². The van der Waals surface area contributed by atoms with Crippen molar-refractivity contribution in [1.82, 2.24) is 10.2 Å². The second kappa shape index (κ2) is 9.40. The molecule has 1 saturated carbocycles. The number of nitrogens with two attached hydrogens (primary N) is 1. The predicted octanol–water partition coefficient (Wildman–Crippen LogP) is 3.36. The third-order valence-electron chi connectivity index (χ3n) is 5.07. The molecule has 134 valence electrons. The molecule has 3 atom stereocenters. The lowest BCUT2D eigenvalue weighted by atomic mass is 9.85. The summed E-state index contributed by atoms with van der Waals surface area (Å²) >= 11 is 6.40. The van der Waals surface area contributed by atoms with Gasteiger partial charge in [0.05, 0.1) is 6.04 Å². The van der Waals surface area contributed by atoms with E-state index in [1.54, 1.807) is 0 Å². The second-order valence-corrected chi connectivity index (χ2v) is 7.03. The Kier molecular flexibility index (Phi) is 7.53. The van der Waals surface area contributed by atoms with E-state index in [9.17, 15) is 4.79 Å². The summed E-state index contributed by atoms with van der Waals surface area (Å²) in [4.78, 5) is 14.9. The first-order valence-corrected chi connectivity index (χ1v) is 9.46. The van der Waals surface area contributed by atoms with Gasteiger partial charge in [0, 0.05) is 23.5 Å². The number of benzene rings is 1. The molecule has 0 spiro atoms. The fourth-order valence-electron chi connectivity index (χ4n) is 3.65. The summed E-state index contributed by atoms with van der Waals surface area (Å²) < 4.78 is 0. The van der Waals surface area contributed by atoms with E-state index in [1.807, 2.05) is 24.3 Å². The zero-order chi connectivity index (χ0) is 17.5. The van der Waals surface area contributed by atoms with Gasteiger partial charge in [0.25, 0.3) is 0 Å². The maximum absolute atomic E-state index is 12.5. The van der Waals surface area contributed by atoms with Crippen molar-refractivity contribution in [2.45, 2.75) is 51.6 Å². The number of nitrogens with one attached hydrogen (secondary N) is 1. The molecule has 3 N–H and O–H groups in total. The smallest absolute Gasteiger partial charge is 0.223 e. The van der Waals surface area contributed by atoms with Crippen LogP contribution in [0.25, 0.3) is 0 Å². The van der Waals surface area contributed by atoms with Crippen LogP contribution in [-0.2, 0) is 4.79 Å². The third-order valence-corrected chi connectivity index (χ3v) is 5.42. The number of rotatable bonds is 7. The van der Waals surface area contributed by atoms with Crippen LogP contribution in [0.3, 0.4) is 0 Å². The highest BCUT2D eigenvalue weighted by atomic mass is 35.5. The Morgan fingerprint density at radius 1 is 1.33 bits per heavy atom. The first-order chi connectivity index (χ1) is 11.6. The molecule has 1 aliphatic carbocycles. The molecule has 0 saturated heterocycles. The van der Waals surface area contributed by atoms with Gasteiger partial charge in [-0.1, -0.05) is 50.1 Å². The Bertz CT molecular complexity index is 533. The van der Waals surface area contributed by atoms with Gasteiger partial charge in [0.15, 0.2) is 0 Å². The standard InChI is InChI=1S/C19H30ClN3O/c1-3-23(4-2)18(16-10-5-6-11-17(16)20)13-22-19(24)14-8-7-9-15(21)12-14/h5-6,10-11,14-15,18H,3-4,7-9,12-13,21H2,1-2H3,(H,22,24). The van der Waals surface area contributed by atoms with Crippen LogP contribution in [0, 0.1) is 5.92 Å². The molecule has 4 nitrogen and oxygen atoms in total. The molecule has 1 aliphatic rings. The Hall–Kier alpha value is -1.10. The number of halogens is 1. The van der Waals surface area contributed by atoms with Crippen LogP contribution in [0.1, 0.15) is 51.1 Å². The van der Waals surface area contributed by atoms with Crippen LogP contribution in [-0.4, -0.2) is 36.5 Å². The van der Waals surface area contributed by atoms with E-state index in [0.717, 1.165) is 49.4 Å². The van der Waals surface area contributed by atoms with Gasteiger partial charge in [-0.2, -0.15) is 0 Å². The van der Waals surface area contributed by atoms with E-state index in [1.165, 1.54) is 0 Å². The molecule has 1 fully saturated rings. The fraction of sp³-hybridized carbons (Fsp3) is 0.632.